The van der Waals surface area contributed by atoms with E-state index >= 15 is 0 Å². The largest absolute Gasteiger partial charge is 0.476 e. The predicted molar refractivity (Wildman–Crippen MR) is 46.1 cm³/mol. The van der Waals surface area contributed by atoms with Crippen molar-refractivity contribution in [2.75, 3.05) is 7.11 Å². The first-order valence-corrected chi connectivity index (χ1v) is 3.92. The van der Waals surface area contributed by atoms with Crippen LogP contribution in [0.15, 0.2) is 6.20 Å². The van der Waals surface area contributed by atoms with Gasteiger partial charge in [-0.2, -0.15) is 4.98 Å². The average molecular weight is 184 g/mol. The number of nitrogens with zero attached hydrogens (tertiary/aromatic N) is 2. The van der Waals surface area contributed by atoms with Gasteiger partial charge >= 0.3 is 5.97 Å². The van der Waals surface area contributed by atoms with Crippen LogP contribution < -0.4 is 4.74 Å². The number of carboxylic acid groups (broad SMARTS) is 1. The highest BCUT2D eigenvalue weighted by molar-refractivity contribution is 5.85. The fourth-order valence-electron chi connectivity index (χ4n) is 1.00. The summed E-state index contributed by atoms with van der Waals surface area (Å²) in [6.07, 6.45) is 1.46. The Kier molecular flexibility index (Phi) is 2.55. The maximum atomic E-state index is 10.6. The lowest BCUT2D eigenvalue weighted by molar-refractivity contribution is 0.0690. The van der Waals surface area contributed by atoms with Crippen molar-refractivity contribution in [2.24, 2.45) is 0 Å². The normalized spacial score (nSPS) is 10.5. The monoisotopic (exact) mass is 184 g/mol. The predicted octanol–water partition coefficient (Wildman–Crippen LogP) is 1.17. The SMILES string of the molecule is COc1nc(C(=O)O)cn1C(C)C. The molecule has 1 rings (SSSR count). The molecular weight excluding hydrogens is 172 g/mol. The van der Waals surface area contributed by atoms with E-state index in [0.29, 0.717) is 6.01 Å². The van der Waals surface area contributed by atoms with E-state index in [0.717, 1.165) is 0 Å². The summed E-state index contributed by atoms with van der Waals surface area (Å²) in [6.45, 7) is 3.85. The maximum absolute atomic E-state index is 10.6. The number of ether oxygens (including phenoxy) is 1. The third kappa shape index (κ3) is 1.80. The molecule has 5 nitrogen and oxygen atoms in total. The van der Waals surface area contributed by atoms with E-state index in [-0.39, 0.29) is 11.7 Å². The molecule has 0 aliphatic rings. The van der Waals surface area contributed by atoms with Crippen LogP contribution in [0.4, 0.5) is 0 Å². The molecule has 1 N–H and O–H groups in total. The van der Waals surface area contributed by atoms with Crippen LogP contribution >= 0.6 is 0 Å². The molecule has 0 saturated heterocycles. The summed E-state index contributed by atoms with van der Waals surface area (Å²) in [4.78, 5) is 14.4. The van der Waals surface area contributed by atoms with Gasteiger partial charge in [0.1, 0.15) is 0 Å². The number of methoxy groups -OCH3 is 1. The zero-order chi connectivity index (χ0) is 10.0. The van der Waals surface area contributed by atoms with Crippen LogP contribution in [0.1, 0.15) is 30.4 Å². The molecule has 0 spiro atoms. The molecule has 0 atom stereocenters. The second-order valence-corrected chi connectivity index (χ2v) is 2.92. The number of carbonyl (C=O) groups is 1. The summed E-state index contributed by atoms with van der Waals surface area (Å²) < 4.78 is 6.60. The molecule has 0 aliphatic carbocycles. The molecule has 0 aliphatic heterocycles. The minimum absolute atomic E-state index is 0.00514. The Bertz CT molecular complexity index is 317. The summed E-state index contributed by atoms with van der Waals surface area (Å²) in [7, 11) is 1.47. The van der Waals surface area contributed by atoms with Gasteiger partial charge in [0.2, 0.25) is 0 Å². The average Bonchev–Trinajstić information content (AvgIpc) is 2.47. The van der Waals surface area contributed by atoms with E-state index in [1.165, 1.54) is 13.3 Å². The van der Waals surface area contributed by atoms with Crippen molar-refractivity contribution < 1.29 is 14.6 Å². The van der Waals surface area contributed by atoms with Crippen LogP contribution in [0.5, 0.6) is 6.01 Å². The van der Waals surface area contributed by atoms with Crippen LogP contribution in [0.25, 0.3) is 0 Å². The van der Waals surface area contributed by atoms with E-state index in [1.54, 1.807) is 4.57 Å². The van der Waals surface area contributed by atoms with Crippen molar-refractivity contribution in [2.45, 2.75) is 19.9 Å². The number of rotatable bonds is 3. The zero-order valence-electron chi connectivity index (χ0n) is 7.81. The molecule has 1 aromatic rings. The van der Waals surface area contributed by atoms with Crippen LogP contribution in [0, 0.1) is 0 Å². The first-order valence-electron chi connectivity index (χ1n) is 3.92. The van der Waals surface area contributed by atoms with Gasteiger partial charge in [0.05, 0.1) is 7.11 Å². The standard InChI is InChI=1S/C8H12N2O3/c1-5(2)10-4-6(7(11)12)9-8(10)13-3/h4-5H,1-3H3,(H,11,12). The highest BCUT2D eigenvalue weighted by atomic mass is 16.5. The molecule has 0 unspecified atom stereocenters. The van der Waals surface area contributed by atoms with E-state index < -0.39 is 5.97 Å². The van der Waals surface area contributed by atoms with E-state index in [2.05, 4.69) is 4.98 Å². The van der Waals surface area contributed by atoms with Crippen molar-refractivity contribution in [3.63, 3.8) is 0 Å². The minimum Gasteiger partial charge on any atom is -0.476 e. The first-order chi connectivity index (χ1) is 6.06. The molecule has 0 amide bonds. The topological polar surface area (TPSA) is 64.3 Å². The highest BCUT2D eigenvalue weighted by Gasteiger charge is 2.14. The summed E-state index contributed by atoms with van der Waals surface area (Å²) in [6, 6.07) is 0.461. The van der Waals surface area contributed by atoms with E-state index in [1.807, 2.05) is 13.8 Å². The Morgan fingerprint density at radius 1 is 1.69 bits per heavy atom. The van der Waals surface area contributed by atoms with Gasteiger partial charge in [0, 0.05) is 12.2 Å². The lowest BCUT2D eigenvalue weighted by Gasteiger charge is -2.08. The number of hydrogen-bond acceptors (Lipinski definition) is 3. The lowest BCUT2D eigenvalue weighted by atomic mass is 10.4. The van der Waals surface area contributed by atoms with Crippen LogP contribution in [0.2, 0.25) is 0 Å². The van der Waals surface area contributed by atoms with Gasteiger partial charge in [-0.15, -0.1) is 0 Å². The molecule has 72 valence electrons. The summed E-state index contributed by atoms with van der Waals surface area (Å²) >= 11 is 0. The molecule has 0 saturated carbocycles. The van der Waals surface area contributed by atoms with Crippen molar-refractivity contribution in [3.05, 3.63) is 11.9 Å². The second-order valence-electron chi connectivity index (χ2n) is 2.92. The molecule has 1 aromatic heterocycles. The Labute approximate surface area is 76.0 Å². The quantitative estimate of drug-likeness (QED) is 0.765. The minimum atomic E-state index is -1.04. The molecule has 0 aromatic carbocycles. The van der Waals surface area contributed by atoms with Crippen molar-refractivity contribution in [1.29, 1.82) is 0 Å². The third-order valence-corrected chi connectivity index (χ3v) is 1.66. The van der Waals surface area contributed by atoms with Crippen molar-refractivity contribution >= 4 is 5.97 Å². The van der Waals surface area contributed by atoms with Gasteiger partial charge in [-0.3, -0.25) is 4.57 Å². The maximum Gasteiger partial charge on any atom is 0.356 e. The Hall–Kier alpha value is -1.52. The van der Waals surface area contributed by atoms with Gasteiger partial charge in [-0.25, -0.2) is 4.79 Å². The summed E-state index contributed by atoms with van der Waals surface area (Å²) in [5.74, 6) is -1.04. The molecule has 0 radical (unpaired) electrons. The third-order valence-electron chi connectivity index (χ3n) is 1.66. The number of carboxylic acids is 1. The van der Waals surface area contributed by atoms with Gasteiger partial charge in [-0.05, 0) is 13.8 Å². The first kappa shape index (κ1) is 9.57. The highest BCUT2D eigenvalue weighted by Crippen LogP contribution is 2.16. The number of aromatic carboxylic acids is 1. The van der Waals surface area contributed by atoms with Crippen molar-refractivity contribution in [3.8, 4) is 6.01 Å². The Balaban J connectivity index is 3.11. The molecule has 0 fully saturated rings. The van der Waals surface area contributed by atoms with E-state index in [9.17, 15) is 4.79 Å². The summed E-state index contributed by atoms with van der Waals surface area (Å²) in [5, 5.41) is 8.67. The fourth-order valence-corrected chi connectivity index (χ4v) is 1.00. The molecule has 5 heteroatoms. The molecule has 1 heterocycles. The van der Waals surface area contributed by atoms with Gasteiger partial charge < -0.3 is 9.84 Å². The Morgan fingerprint density at radius 3 is 2.62 bits per heavy atom. The Morgan fingerprint density at radius 2 is 2.31 bits per heavy atom. The molecule has 13 heavy (non-hydrogen) atoms. The van der Waals surface area contributed by atoms with E-state index in [4.69, 9.17) is 9.84 Å². The second kappa shape index (κ2) is 3.47. The van der Waals surface area contributed by atoms with Gasteiger partial charge in [-0.1, -0.05) is 0 Å². The molecular formula is C8H12N2O3. The van der Waals surface area contributed by atoms with Crippen LogP contribution in [-0.2, 0) is 0 Å². The lowest BCUT2D eigenvalue weighted by Crippen LogP contribution is -2.01. The summed E-state index contributed by atoms with van der Waals surface area (Å²) in [5.41, 5.74) is 0.00514. The van der Waals surface area contributed by atoms with Crippen LogP contribution in [-0.4, -0.2) is 27.7 Å². The fraction of sp³-hybridized carbons (Fsp3) is 0.500. The van der Waals surface area contributed by atoms with Gasteiger partial charge in [0.15, 0.2) is 5.69 Å². The van der Waals surface area contributed by atoms with Gasteiger partial charge in [0.25, 0.3) is 6.01 Å². The number of imidazole rings is 1. The number of aromatic nitrogens is 2. The smallest absolute Gasteiger partial charge is 0.356 e. The van der Waals surface area contributed by atoms with Crippen molar-refractivity contribution in [1.82, 2.24) is 9.55 Å². The zero-order valence-corrected chi connectivity index (χ0v) is 7.81. The molecule has 0 bridgehead atoms. The number of hydrogen-bond donors (Lipinski definition) is 1. The van der Waals surface area contributed by atoms with Crippen LogP contribution in [0.3, 0.4) is 0 Å².